The van der Waals surface area contributed by atoms with Gasteiger partial charge < -0.3 is 27.5 Å². The first kappa shape index (κ1) is 37.8. The predicted molar refractivity (Wildman–Crippen MR) is 180 cm³/mol. The summed E-state index contributed by atoms with van der Waals surface area (Å²) in [5.74, 6) is -0.243. The van der Waals surface area contributed by atoms with Gasteiger partial charge in [0.25, 0.3) is 0 Å². The van der Waals surface area contributed by atoms with Gasteiger partial charge in [0.1, 0.15) is 24.4 Å². The van der Waals surface area contributed by atoms with Gasteiger partial charge >= 0.3 is 5.97 Å². The number of hydrogen-bond donors (Lipinski definition) is 0. The molecule has 0 spiro atoms. The van der Waals surface area contributed by atoms with E-state index in [0.29, 0.717) is 0 Å². The van der Waals surface area contributed by atoms with E-state index >= 15 is 0 Å². The van der Waals surface area contributed by atoms with Crippen LogP contribution in [0.4, 0.5) is 0 Å². The van der Waals surface area contributed by atoms with Gasteiger partial charge in [-0.15, -0.1) is 6.58 Å². The van der Waals surface area contributed by atoms with Gasteiger partial charge in [0, 0.05) is 0 Å². The van der Waals surface area contributed by atoms with E-state index in [1.807, 2.05) is 6.08 Å². The van der Waals surface area contributed by atoms with E-state index in [9.17, 15) is 4.79 Å². The predicted octanol–water partition coefficient (Wildman–Crippen LogP) is 8.22. The third-order valence-corrected chi connectivity index (χ3v) is 24.8. The van der Waals surface area contributed by atoms with Gasteiger partial charge in [0.2, 0.25) is 0 Å². The van der Waals surface area contributed by atoms with E-state index in [-0.39, 0.29) is 55.1 Å². The smallest absolute Gasteiger partial charge is 0.308 e. The molecule has 42 heavy (non-hydrogen) atoms. The zero-order valence-electron chi connectivity index (χ0n) is 28.7. The molecule has 0 saturated carbocycles. The van der Waals surface area contributed by atoms with Crippen molar-refractivity contribution in [2.45, 2.75) is 179 Å². The minimum Gasteiger partial charge on any atom is -0.469 e. The lowest BCUT2D eigenvalue weighted by Crippen LogP contribution is -2.68. The molecule has 7 nitrogen and oxygen atoms in total. The average molecular weight is 645 g/mol. The van der Waals surface area contributed by atoms with E-state index in [1.165, 1.54) is 7.11 Å². The third kappa shape index (κ3) is 8.68. The van der Waals surface area contributed by atoms with E-state index in [1.54, 1.807) is 0 Å². The van der Waals surface area contributed by atoms with E-state index in [4.69, 9.17) is 27.5 Å². The van der Waals surface area contributed by atoms with Crippen molar-refractivity contribution in [3.05, 3.63) is 12.7 Å². The van der Waals surface area contributed by atoms with Crippen molar-refractivity contribution in [1.29, 1.82) is 0 Å². The lowest BCUT2D eigenvalue weighted by molar-refractivity contribution is -0.266. The molecule has 0 N–H and O–H groups in total. The maximum absolute atomic E-state index is 12.3. The number of methoxy groups -OCH3 is 1. The monoisotopic (exact) mass is 644 g/mol. The maximum Gasteiger partial charge on any atom is 0.308 e. The van der Waals surface area contributed by atoms with Crippen molar-refractivity contribution < 1.29 is 32.3 Å². The molecule has 0 unspecified atom stereocenters. The molecule has 2 rings (SSSR count). The van der Waals surface area contributed by atoms with Crippen LogP contribution in [0.5, 0.6) is 0 Å². The molecule has 0 radical (unpaired) electrons. The third-order valence-electron chi connectivity index (χ3n) is 10.9. The van der Waals surface area contributed by atoms with E-state index < -0.39 is 25.0 Å². The van der Waals surface area contributed by atoms with Crippen molar-refractivity contribution >= 4 is 30.9 Å². The molecule has 0 amide bonds. The van der Waals surface area contributed by atoms with Crippen LogP contribution in [0.15, 0.2) is 12.7 Å². The topological polar surface area (TPSA) is 72.5 Å². The van der Waals surface area contributed by atoms with Crippen molar-refractivity contribution in [1.82, 2.24) is 0 Å². The Hall–Kier alpha value is -0.339. The first-order valence-corrected chi connectivity index (χ1v) is 24.7. The van der Waals surface area contributed by atoms with Crippen molar-refractivity contribution in [2.75, 3.05) is 7.11 Å². The molecule has 2 aliphatic rings. The Morgan fingerprint density at radius 2 is 1.24 bits per heavy atom. The fourth-order valence-electron chi connectivity index (χ4n) is 7.05. The molecule has 2 saturated heterocycles. The van der Waals surface area contributed by atoms with Crippen molar-refractivity contribution in [3.63, 3.8) is 0 Å². The highest BCUT2D eigenvalue weighted by molar-refractivity contribution is 6.74. The first-order valence-electron chi connectivity index (χ1n) is 17.1. The summed E-state index contributed by atoms with van der Waals surface area (Å²) in [6.07, 6.45) is 1.86. The van der Waals surface area contributed by atoms with Gasteiger partial charge in [0.15, 0.2) is 25.0 Å². The van der Waals surface area contributed by atoms with Gasteiger partial charge in [-0.3, -0.25) is 4.79 Å². The summed E-state index contributed by atoms with van der Waals surface area (Å²) in [4.78, 5) is 12.3. The summed E-state index contributed by atoms with van der Waals surface area (Å²) in [6, 6.07) is 9.38. The molecule has 10 heteroatoms. The highest BCUT2D eigenvalue weighted by Crippen LogP contribution is 2.42. The van der Waals surface area contributed by atoms with Crippen LogP contribution in [0.2, 0.25) is 54.4 Å². The van der Waals surface area contributed by atoms with Gasteiger partial charge in [0.05, 0.1) is 31.8 Å². The fourth-order valence-corrected chi connectivity index (χ4v) is 15.5. The number of ether oxygens (including phenoxy) is 3. The molecular formula is C32H64O7Si3. The lowest BCUT2D eigenvalue weighted by atomic mass is 9.87. The highest BCUT2D eigenvalue weighted by atomic mass is 28.4. The van der Waals surface area contributed by atoms with Gasteiger partial charge in [-0.05, 0) is 67.2 Å². The minimum absolute atomic E-state index is 0.154. The van der Waals surface area contributed by atoms with Crippen molar-refractivity contribution in [2.24, 2.45) is 0 Å². The Balaban J connectivity index is 2.69. The van der Waals surface area contributed by atoms with Gasteiger partial charge in [-0.25, -0.2) is 0 Å². The summed E-state index contributed by atoms with van der Waals surface area (Å²) in [6.45, 7) is 24.7. The number of hydrogen-bond acceptors (Lipinski definition) is 7. The van der Waals surface area contributed by atoms with Crippen LogP contribution in [0.1, 0.15) is 81.6 Å². The molecule has 246 valence electrons. The molecule has 2 aliphatic heterocycles. The van der Waals surface area contributed by atoms with Gasteiger partial charge in [-0.1, -0.05) is 68.4 Å². The zero-order chi connectivity index (χ0) is 31.6. The Morgan fingerprint density at radius 3 is 1.67 bits per heavy atom. The largest absolute Gasteiger partial charge is 0.469 e. The Labute approximate surface area is 261 Å². The molecule has 0 bridgehead atoms. The molecule has 0 aromatic rings. The maximum atomic E-state index is 12.3. The summed E-state index contributed by atoms with van der Waals surface area (Å²) >= 11 is 0. The quantitative estimate of drug-likeness (QED) is 0.0797. The number of carbonyl (C=O) groups is 1. The van der Waals surface area contributed by atoms with E-state index in [0.717, 1.165) is 67.2 Å². The van der Waals surface area contributed by atoms with Crippen LogP contribution in [0.25, 0.3) is 0 Å². The number of carbonyl (C=O) groups excluding carboxylic acids is 1. The number of rotatable bonds is 19. The number of esters is 1. The Kier molecular flexibility index (Phi) is 15.7. The van der Waals surface area contributed by atoms with Crippen molar-refractivity contribution in [3.8, 4) is 0 Å². The second-order valence-corrected chi connectivity index (χ2v) is 26.6. The highest BCUT2D eigenvalue weighted by Gasteiger charge is 2.56. The summed E-state index contributed by atoms with van der Waals surface area (Å²) in [7, 11) is -4.71. The summed E-state index contributed by atoms with van der Waals surface area (Å²) in [5, 5.41) is 0. The summed E-state index contributed by atoms with van der Waals surface area (Å²) in [5.41, 5.74) is 0. The van der Waals surface area contributed by atoms with Crippen LogP contribution in [0.3, 0.4) is 0 Å². The van der Waals surface area contributed by atoms with Gasteiger partial charge in [-0.2, -0.15) is 0 Å². The normalized spacial score (nSPS) is 27.8. The average Bonchev–Trinajstić information content (AvgIpc) is 3.04. The standard InChI is InChI=1S/C32H64O7Si3/c1-12-26(37-40(13-2,14-3)15-4)29-31(38-41(16-5,17-6)18-7)32(39-42(19-8,20-9)21-10)30-27(36-29)23-22-25(35-30)24-28(33)34-11/h12,25-27,29-32H,1,13-24H2,2-11H3/t25-,26+,27+,29+,30+,31-,32+/m1/s1. The van der Waals surface area contributed by atoms with Crippen LogP contribution in [-0.2, 0) is 32.3 Å². The summed E-state index contributed by atoms with van der Waals surface area (Å²) < 4.78 is 40.8. The van der Waals surface area contributed by atoms with Crippen LogP contribution in [-0.4, -0.2) is 80.8 Å². The fraction of sp³-hybridized carbons (Fsp3) is 0.906. The zero-order valence-corrected chi connectivity index (χ0v) is 31.7. The Bertz CT molecular complexity index is 791. The first-order chi connectivity index (χ1) is 20.1. The molecule has 2 heterocycles. The second-order valence-electron chi connectivity index (χ2n) is 12.4. The van der Waals surface area contributed by atoms with Crippen LogP contribution in [0, 0.1) is 0 Å². The van der Waals surface area contributed by atoms with Crippen LogP contribution >= 0.6 is 0 Å². The number of fused-ring (bicyclic) bond motifs is 1. The molecular weight excluding hydrogens is 581 g/mol. The molecule has 0 aliphatic carbocycles. The molecule has 2 fully saturated rings. The Morgan fingerprint density at radius 1 is 0.762 bits per heavy atom. The van der Waals surface area contributed by atoms with Crippen LogP contribution < -0.4 is 0 Å². The minimum atomic E-state index is -2.09. The molecule has 0 aromatic carbocycles. The second kappa shape index (κ2) is 17.4. The van der Waals surface area contributed by atoms with E-state index in [2.05, 4.69) is 68.9 Å². The molecule has 7 atom stereocenters. The SMILES string of the molecule is C=C[C@H](O[Si](CC)(CC)CC)[C@@H]1O[C@H]2CC[C@H](CC(=O)OC)O[C@@H]2[C@H](O[Si](CC)(CC)CC)[C@@H]1O[Si](CC)(CC)CC. The molecule has 0 aromatic heterocycles. The lowest BCUT2D eigenvalue weighted by Gasteiger charge is -2.55.